The van der Waals surface area contributed by atoms with Gasteiger partial charge in [-0.2, -0.15) is 0 Å². The average molecular weight is 471 g/mol. The number of para-hydroxylation sites is 1. The first kappa shape index (κ1) is 21.0. The Morgan fingerprint density at radius 2 is 1.92 bits per heavy atom. The monoisotopic (exact) mass is 471 g/mol. The van der Waals surface area contributed by atoms with E-state index in [-0.39, 0.29) is 35.8 Å². The summed E-state index contributed by atoms with van der Waals surface area (Å²) in [6, 6.07) is 8.04. The van der Waals surface area contributed by atoms with E-state index in [4.69, 9.17) is 0 Å². The van der Waals surface area contributed by atoms with Gasteiger partial charge < -0.3 is 20.9 Å². The Balaban J connectivity index is 0.00000243. The van der Waals surface area contributed by atoms with E-state index in [0.29, 0.717) is 18.9 Å². The SMILES string of the molecule is CN=C(NCC1CCN(C)CC1)NCC1CC(=O)Nc2ccccc21.I. The first-order valence-electron chi connectivity index (χ1n) is 9.17. The number of rotatable bonds is 4. The second-order valence-electron chi connectivity index (χ2n) is 7.12. The number of guanidine groups is 1. The van der Waals surface area contributed by atoms with Gasteiger partial charge in [0.15, 0.2) is 5.96 Å². The van der Waals surface area contributed by atoms with Crippen LogP contribution in [-0.2, 0) is 4.79 Å². The van der Waals surface area contributed by atoms with Gasteiger partial charge >= 0.3 is 0 Å². The predicted molar refractivity (Wildman–Crippen MR) is 117 cm³/mol. The van der Waals surface area contributed by atoms with Crippen LogP contribution >= 0.6 is 24.0 Å². The van der Waals surface area contributed by atoms with Gasteiger partial charge in [-0.05, 0) is 50.5 Å². The van der Waals surface area contributed by atoms with E-state index in [1.54, 1.807) is 7.05 Å². The highest BCUT2D eigenvalue weighted by Crippen LogP contribution is 2.31. The zero-order chi connectivity index (χ0) is 17.6. The first-order valence-corrected chi connectivity index (χ1v) is 9.17. The molecule has 1 unspecified atom stereocenters. The molecule has 0 bridgehead atoms. The molecule has 26 heavy (non-hydrogen) atoms. The largest absolute Gasteiger partial charge is 0.356 e. The molecule has 0 spiro atoms. The van der Waals surface area contributed by atoms with E-state index >= 15 is 0 Å². The van der Waals surface area contributed by atoms with Crippen molar-refractivity contribution >= 4 is 41.5 Å². The number of amides is 1. The molecule has 0 aliphatic carbocycles. The predicted octanol–water partition coefficient (Wildman–Crippen LogP) is 2.24. The van der Waals surface area contributed by atoms with Crippen LogP contribution in [0.2, 0.25) is 0 Å². The van der Waals surface area contributed by atoms with Crippen LogP contribution in [0.25, 0.3) is 0 Å². The van der Waals surface area contributed by atoms with Gasteiger partial charge in [0.2, 0.25) is 5.91 Å². The molecule has 1 atom stereocenters. The number of halogens is 1. The maximum Gasteiger partial charge on any atom is 0.225 e. The average Bonchev–Trinajstić information content (AvgIpc) is 2.63. The highest BCUT2D eigenvalue weighted by Gasteiger charge is 2.25. The lowest BCUT2D eigenvalue weighted by Crippen LogP contribution is -2.44. The number of nitrogens with zero attached hydrogens (tertiary/aromatic N) is 2. The van der Waals surface area contributed by atoms with Gasteiger partial charge in [0.1, 0.15) is 0 Å². The molecule has 144 valence electrons. The van der Waals surface area contributed by atoms with E-state index in [2.05, 4.69) is 39.0 Å². The third kappa shape index (κ3) is 5.57. The molecule has 0 radical (unpaired) electrons. The number of piperidine rings is 1. The number of anilines is 1. The Hall–Kier alpha value is -1.35. The van der Waals surface area contributed by atoms with E-state index < -0.39 is 0 Å². The number of carbonyl (C=O) groups excluding carboxylic acids is 1. The molecule has 6 nitrogen and oxygen atoms in total. The first-order chi connectivity index (χ1) is 12.2. The molecule has 1 aromatic rings. The summed E-state index contributed by atoms with van der Waals surface area (Å²) in [5, 5.41) is 9.79. The molecule has 1 amide bonds. The number of benzene rings is 1. The molecule has 3 N–H and O–H groups in total. The summed E-state index contributed by atoms with van der Waals surface area (Å²) < 4.78 is 0. The van der Waals surface area contributed by atoms with Crippen molar-refractivity contribution in [2.45, 2.75) is 25.2 Å². The van der Waals surface area contributed by atoms with E-state index in [0.717, 1.165) is 18.2 Å². The summed E-state index contributed by atoms with van der Waals surface area (Å²) in [4.78, 5) is 18.6. The number of fused-ring (bicyclic) bond motifs is 1. The van der Waals surface area contributed by atoms with Crippen LogP contribution in [0.3, 0.4) is 0 Å². The van der Waals surface area contributed by atoms with Crippen molar-refractivity contribution in [1.82, 2.24) is 15.5 Å². The Labute approximate surface area is 173 Å². The molecule has 2 aliphatic rings. The van der Waals surface area contributed by atoms with Crippen molar-refractivity contribution in [1.29, 1.82) is 0 Å². The Bertz CT molecular complexity index is 628. The fourth-order valence-corrected chi connectivity index (χ4v) is 3.63. The summed E-state index contributed by atoms with van der Waals surface area (Å²) in [5.41, 5.74) is 2.13. The zero-order valence-corrected chi connectivity index (χ0v) is 18.0. The topological polar surface area (TPSA) is 68.8 Å². The van der Waals surface area contributed by atoms with Gasteiger partial charge in [-0.15, -0.1) is 24.0 Å². The number of hydrogen-bond donors (Lipinski definition) is 3. The van der Waals surface area contributed by atoms with E-state index in [1.807, 2.05) is 18.2 Å². The molecular weight excluding hydrogens is 441 g/mol. The fraction of sp³-hybridized carbons (Fsp3) is 0.579. The van der Waals surface area contributed by atoms with E-state index in [1.165, 1.54) is 31.5 Å². The number of likely N-dealkylation sites (tertiary alicyclic amines) is 1. The van der Waals surface area contributed by atoms with Crippen LogP contribution in [0, 0.1) is 5.92 Å². The second kappa shape index (κ2) is 10.1. The van der Waals surface area contributed by atoms with Crippen molar-refractivity contribution in [2.24, 2.45) is 10.9 Å². The lowest BCUT2D eigenvalue weighted by atomic mass is 9.90. The summed E-state index contributed by atoms with van der Waals surface area (Å²) in [5.74, 6) is 1.78. The minimum absolute atomic E-state index is 0. The quantitative estimate of drug-likeness (QED) is 0.358. The van der Waals surface area contributed by atoms with E-state index in [9.17, 15) is 4.79 Å². The molecule has 0 aromatic heterocycles. The molecule has 3 rings (SSSR count). The van der Waals surface area contributed by atoms with Gasteiger partial charge in [-0.25, -0.2) is 0 Å². The van der Waals surface area contributed by atoms with Crippen LogP contribution in [0.5, 0.6) is 0 Å². The van der Waals surface area contributed by atoms with Crippen LogP contribution in [0.15, 0.2) is 29.3 Å². The minimum Gasteiger partial charge on any atom is -0.356 e. The summed E-state index contributed by atoms with van der Waals surface area (Å²) >= 11 is 0. The van der Waals surface area contributed by atoms with Crippen LogP contribution in [0.1, 0.15) is 30.7 Å². The van der Waals surface area contributed by atoms with Gasteiger partial charge in [0, 0.05) is 38.2 Å². The normalized spacial score (nSPS) is 21.4. The highest BCUT2D eigenvalue weighted by atomic mass is 127. The fourth-order valence-electron chi connectivity index (χ4n) is 3.63. The lowest BCUT2D eigenvalue weighted by molar-refractivity contribution is -0.116. The molecule has 1 aromatic carbocycles. The third-order valence-corrected chi connectivity index (χ3v) is 5.24. The second-order valence-corrected chi connectivity index (χ2v) is 7.12. The number of carbonyl (C=O) groups is 1. The summed E-state index contributed by atoms with van der Waals surface area (Å²) in [7, 11) is 3.98. The van der Waals surface area contributed by atoms with Gasteiger partial charge in [-0.3, -0.25) is 9.79 Å². The Morgan fingerprint density at radius 1 is 1.23 bits per heavy atom. The smallest absolute Gasteiger partial charge is 0.225 e. The molecule has 2 heterocycles. The van der Waals surface area contributed by atoms with Crippen molar-refractivity contribution in [2.75, 3.05) is 45.6 Å². The molecule has 1 saturated heterocycles. The van der Waals surface area contributed by atoms with Crippen molar-refractivity contribution < 1.29 is 4.79 Å². The third-order valence-electron chi connectivity index (χ3n) is 5.24. The van der Waals surface area contributed by atoms with Crippen LogP contribution in [-0.4, -0.2) is 57.0 Å². The van der Waals surface area contributed by atoms with Gasteiger partial charge in [0.25, 0.3) is 0 Å². The van der Waals surface area contributed by atoms with Crippen molar-refractivity contribution in [3.8, 4) is 0 Å². The number of nitrogens with one attached hydrogen (secondary N) is 3. The molecule has 2 aliphatic heterocycles. The van der Waals surface area contributed by atoms with Crippen molar-refractivity contribution in [3.05, 3.63) is 29.8 Å². The Kier molecular flexibility index (Phi) is 8.15. The maximum absolute atomic E-state index is 11.9. The molecule has 0 saturated carbocycles. The molecule has 1 fully saturated rings. The standard InChI is InChI=1S/C19H29N5O.HI/c1-20-19(21-12-14-7-9-24(2)10-8-14)22-13-15-11-18(25)23-17-6-4-3-5-16(15)17;/h3-6,14-15H,7-13H2,1-2H3,(H,23,25)(H2,20,21,22);1H. The number of aliphatic imine (C=N–C) groups is 1. The minimum atomic E-state index is 0. The van der Waals surface area contributed by atoms with Crippen LogP contribution < -0.4 is 16.0 Å². The molecular formula is C19H30IN5O. The van der Waals surface area contributed by atoms with Gasteiger partial charge in [-0.1, -0.05) is 18.2 Å². The van der Waals surface area contributed by atoms with Crippen LogP contribution in [0.4, 0.5) is 5.69 Å². The van der Waals surface area contributed by atoms with Gasteiger partial charge in [0.05, 0.1) is 0 Å². The maximum atomic E-state index is 11.9. The number of hydrogen-bond acceptors (Lipinski definition) is 3. The lowest BCUT2D eigenvalue weighted by Gasteiger charge is -2.30. The molecule has 7 heteroatoms. The van der Waals surface area contributed by atoms with Crippen molar-refractivity contribution in [3.63, 3.8) is 0 Å². The zero-order valence-electron chi connectivity index (χ0n) is 15.6. The Morgan fingerprint density at radius 3 is 2.65 bits per heavy atom. The highest BCUT2D eigenvalue weighted by molar-refractivity contribution is 14.0. The summed E-state index contributed by atoms with van der Waals surface area (Å²) in [6.45, 7) is 4.01. The summed E-state index contributed by atoms with van der Waals surface area (Å²) in [6.07, 6.45) is 2.98.